The fourth-order valence-electron chi connectivity index (χ4n) is 2.25. The van der Waals surface area contributed by atoms with Gasteiger partial charge in [0.15, 0.2) is 16.3 Å². The van der Waals surface area contributed by atoms with E-state index in [1.165, 1.54) is 16.3 Å². The lowest BCUT2D eigenvalue weighted by Gasteiger charge is -2.10. The summed E-state index contributed by atoms with van der Waals surface area (Å²) in [6.45, 7) is 6.82. The molecule has 2 rings (SSSR count). The number of carbonyl (C=O) groups is 1. The minimum atomic E-state index is -0.511. The third kappa shape index (κ3) is 3.89. The van der Waals surface area contributed by atoms with Gasteiger partial charge in [-0.1, -0.05) is 25.6 Å². The summed E-state index contributed by atoms with van der Waals surface area (Å²) in [6.07, 6.45) is 0.848. The molecule has 1 N–H and O–H groups in total. The molecule has 0 atom stereocenters. The standard InChI is InChI=1S/C15H22N4O4S/c1-5-23-10(20)8-24-15-16-12-11(19(15)7-6-9(2)3)13(21)17-14(22)18(12)4/h9H,5-8H2,1-4H3,(H,17,21,22). The monoisotopic (exact) mass is 354 g/mol. The molecule has 8 nitrogen and oxygen atoms in total. The average Bonchev–Trinajstić information content (AvgIpc) is 2.88. The molecular formula is C15H22N4O4S. The van der Waals surface area contributed by atoms with Gasteiger partial charge in [0.2, 0.25) is 0 Å². The Labute approximate surface area is 143 Å². The number of aromatic amines is 1. The largest absolute Gasteiger partial charge is 0.465 e. The van der Waals surface area contributed by atoms with Crippen molar-refractivity contribution in [3.8, 4) is 0 Å². The number of esters is 1. The van der Waals surface area contributed by atoms with E-state index in [1.807, 2.05) is 0 Å². The molecule has 0 fully saturated rings. The summed E-state index contributed by atoms with van der Waals surface area (Å²) in [5.74, 6) is 0.203. The van der Waals surface area contributed by atoms with Crippen LogP contribution in [0.4, 0.5) is 0 Å². The summed E-state index contributed by atoms with van der Waals surface area (Å²) in [6, 6.07) is 0. The molecule has 9 heteroatoms. The van der Waals surface area contributed by atoms with Gasteiger partial charge in [0.05, 0.1) is 12.4 Å². The van der Waals surface area contributed by atoms with Gasteiger partial charge in [0.1, 0.15) is 0 Å². The molecule has 0 bridgehead atoms. The number of hydrogen-bond acceptors (Lipinski definition) is 6. The van der Waals surface area contributed by atoms with E-state index < -0.39 is 11.2 Å². The Morgan fingerprint density at radius 1 is 1.38 bits per heavy atom. The molecule has 0 aromatic carbocycles. The number of imidazole rings is 1. The molecular weight excluding hydrogens is 332 g/mol. The van der Waals surface area contributed by atoms with E-state index in [0.29, 0.717) is 35.4 Å². The van der Waals surface area contributed by atoms with Crippen LogP contribution >= 0.6 is 11.8 Å². The fourth-order valence-corrected chi connectivity index (χ4v) is 3.07. The lowest BCUT2D eigenvalue weighted by molar-refractivity contribution is -0.139. The maximum atomic E-state index is 12.2. The molecule has 0 aliphatic carbocycles. The van der Waals surface area contributed by atoms with Crippen molar-refractivity contribution in [2.75, 3.05) is 12.4 Å². The van der Waals surface area contributed by atoms with E-state index >= 15 is 0 Å². The Morgan fingerprint density at radius 3 is 2.71 bits per heavy atom. The normalized spacial score (nSPS) is 11.4. The highest BCUT2D eigenvalue weighted by molar-refractivity contribution is 7.99. The third-order valence-corrected chi connectivity index (χ3v) is 4.48. The predicted molar refractivity (Wildman–Crippen MR) is 92.4 cm³/mol. The number of nitrogens with one attached hydrogen (secondary N) is 1. The second kappa shape index (κ2) is 7.69. The molecule has 2 heterocycles. The molecule has 0 saturated heterocycles. The zero-order chi connectivity index (χ0) is 17.9. The van der Waals surface area contributed by atoms with E-state index in [4.69, 9.17) is 4.74 Å². The minimum absolute atomic E-state index is 0.102. The van der Waals surface area contributed by atoms with Crippen LogP contribution in [0.15, 0.2) is 14.7 Å². The average molecular weight is 354 g/mol. The Balaban J connectivity index is 2.48. The maximum Gasteiger partial charge on any atom is 0.329 e. The topological polar surface area (TPSA) is 99.0 Å². The van der Waals surface area contributed by atoms with Gasteiger partial charge >= 0.3 is 11.7 Å². The number of H-pyrrole nitrogens is 1. The molecule has 2 aromatic rings. The Kier molecular flexibility index (Phi) is 5.87. The van der Waals surface area contributed by atoms with Gasteiger partial charge in [-0.05, 0) is 19.3 Å². The van der Waals surface area contributed by atoms with Gasteiger partial charge in [0.25, 0.3) is 5.56 Å². The van der Waals surface area contributed by atoms with Crippen LogP contribution < -0.4 is 11.2 Å². The molecule has 132 valence electrons. The van der Waals surface area contributed by atoms with Crippen molar-refractivity contribution in [2.45, 2.75) is 38.9 Å². The quantitative estimate of drug-likeness (QED) is 0.591. The number of fused-ring (bicyclic) bond motifs is 1. The SMILES string of the molecule is CCOC(=O)CSc1nc2c(c(=O)[nH]c(=O)n2C)n1CCC(C)C. The highest BCUT2D eigenvalue weighted by atomic mass is 32.2. The zero-order valence-corrected chi connectivity index (χ0v) is 15.1. The van der Waals surface area contributed by atoms with Crippen LogP contribution in [0.25, 0.3) is 11.2 Å². The third-order valence-electron chi connectivity index (χ3n) is 3.53. The van der Waals surface area contributed by atoms with Gasteiger partial charge < -0.3 is 9.30 Å². The summed E-state index contributed by atoms with van der Waals surface area (Å²) in [5.41, 5.74) is -0.307. The van der Waals surface area contributed by atoms with Gasteiger partial charge in [-0.3, -0.25) is 19.1 Å². The molecule has 0 amide bonds. The van der Waals surface area contributed by atoms with Gasteiger partial charge in [-0.15, -0.1) is 0 Å². The number of rotatable bonds is 7. The first-order valence-corrected chi connectivity index (χ1v) is 8.81. The van der Waals surface area contributed by atoms with Crippen molar-refractivity contribution in [3.63, 3.8) is 0 Å². The summed E-state index contributed by atoms with van der Waals surface area (Å²) in [5, 5.41) is 0.533. The van der Waals surface area contributed by atoms with E-state index in [-0.39, 0.29) is 11.7 Å². The van der Waals surface area contributed by atoms with Crippen molar-refractivity contribution in [1.82, 2.24) is 19.1 Å². The first kappa shape index (κ1) is 18.3. The van der Waals surface area contributed by atoms with Crippen molar-refractivity contribution >= 4 is 28.9 Å². The number of carbonyl (C=O) groups excluding carboxylic acids is 1. The van der Waals surface area contributed by atoms with E-state index in [0.717, 1.165) is 6.42 Å². The van der Waals surface area contributed by atoms with Crippen LogP contribution in [0, 0.1) is 5.92 Å². The summed E-state index contributed by atoms with van der Waals surface area (Å²) in [7, 11) is 1.56. The van der Waals surface area contributed by atoms with Gasteiger partial charge in [-0.25, -0.2) is 9.78 Å². The molecule has 0 spiro atoms. The van der Waals surface area contributed by atoms with E-state index in [9.17, 15) is 14.4 Å². The molecule has 0 aliphatic rings. The highest BCUT2D eigenvalue weighted by Gasteiger charge is 2.18. The molecule has 0 unspecified atom stereocenters. The molecule has 0 aliphatic heterocycles. The van der Waals surface area contributed by atoms with Crippen LogP contribution in [-0.2, 0) is 23.1 Å². The second-order valence-corrected chi connectivity index (χ2v) is 6.76. The number of aromatic nitrogens is 4. The highest BCUT2D eigenvalue weighted by Crippen LogP contribution is 2.22. The minimum Gasteiger partial charge on any atom is -0.465 e. The van der Waals surface area contributed by atoms with Crippen molar-refractivity contribution < 1.29 is 9.53 Å². The molecule has 2 aromatic heterocycles. The van der Waals surface area contributed by atoms with Crippen LogP contribution in [-0.4, -0.2) is 37.4 Å². The first-order valence-electron chi connectivity index (χ1n) is 7.83. The van der Waals surface area contributed by atoms with Crippen LogP contribution in [0.3, 0.4) is 0 Å². The smallest absolute Gasteiger partial charge is 0.329 e. The van der Waals surface area contributed by atoms with E-state index in [1.54, 1.807) is 18.5 Å². The first-order chi connectivity index (χ1) is 11.3. The van der Waals surface area contributed by atoms with Gasteiger partial charge in [-0.2, -0.15) is 0 Å². The number of thioether (sulfide) groups is 1. The van der Waals surface area contributed by atoms with Crippen LogP contribution in [0.1, 0.15) is 27.2 Å². The Bertz CT molecular complexity index is 850. The van der Waals surface area contributed by atoms with Crippen LogP contribution in [0.2, 0.25) is 0 Å². The maximum absolute atomic E-state index is 12.2. The number of hydrogen-bond donors (Lipinski definition) is 1. The van der Waals surface area contributed by atoms with Crippen LogP contribution in [0.5, 0.6) is 0 Å². The molecule has 0 saturated carbocycles. The summed E-state index contributed by atoms with van der Waals surface area (Å²) in [4.78, 5) is 42.3. The lowest BCUT2D eigenvalue weighted by atomic mass is 10.1. The fraction of sp³-hybridized carbons (Fsp3) is 0.600. The van der Waals surface area contributed by atoms with Crippen molar-refractivity contribution in [2.24, 2.45) is 13.0 Å². The Morgan fingerprint density at radius 2 is 2.08 bits per heavy atom. The summed E-state index contributed by atoms with van der Waals surface area (Å²) < 4.78 is 8.00. The number of aryl methyl sites for hydroxylation is 2. The predicted octanol–water partition coefficient (Wildman–Crippen LogP) is 1.12. The summed E-state index contributed by atoms with van der Waals surface area (Å²) >= 11 is 1.20. The number of nitrogens with zero attached hydrogens (tertiary/aromatic N) is 3. The number of ether oxygens (including phenoxy) is 1. The van der Waals surface area contributed by atoms with Gasteiger partial charge in [0, 0.05) is 13.6 Å². The van der Waals surface area contributed by atoms with Crippen molar-refractivity contribution in [3.05, 3.63) is 20.8 Å². The Hall–Kier alpha value is -2.03. The van der Waals surface area contributed by atoms with E-state index in [2.05, 4.69) is 23.8 Å². The molecule has 24 heavy (non-hydrogen) atoms. The lowest BCUT2D eigenvalue weighted by Crippen LogP contribution is -2.29. The zero-order valence-electron chi connectivity index (χ0n) is 14.3. The second-order valence-electron chi connectivity index (χ2n) is 5.81. The van der Waals surface area contributed by atoms with Crippen molar-refractivity contribution in [1.29, 1.82) is 0 Å². The molecule has 0 radical (unpaired) electrons.